The molecule has 65 heteroatoms. The average molecular weight is 1350 g/mol. The average Bonchev–Trinajstić information content (AvgIpc) is 3.27. The molecular formula is C2H24Al10F2Mg2O40Si11. The van der Waals surface area contributed by atoms with Gasteiger partial charge in [-0.2, -0.15) is 0 Å². The molecule has 0 atom stereocenters. The van der Waals surface area contributed by atoms with Crippen LogP contribution in [0.5, 0.6) is 0 Å². The van der Waals surface area contributed by atoms with Crippen LogP contribution >= 0.6 is 0 Å². The van der Waals surface area contributed by atoms with Crippen molar-refractivity contribution in [2.75, 3.05) is 0 Å². The van der Waals surface area contributed by atoms with Crippen LogP contribution in [-0.4, -0.2) is 379 Å². The third-order valence-corrected chi connectivity index (χ3v) is 1.98. The van der Waals surface area contributed by atoms with E-state index in [9.17, 15) is 8.92 Å². The predicted molar refractivity (Wildman–Crippen MR) is 210 cm³/mol. The van der Waals surface area contributed by atoms with E-state index < -0.39 is 106 Å². The molecule has 67 heavy (non-hydrogen) atoms. The standard InChI is InChI=1S/2CH4.10Al.2FH.2Mg.9HO3Si.H2O3.2HO2Si.2H2O2.H2O.O/c;;;;;;;;;;;;;;;;9*1-3-4-2;3*1-3-2;2*1-2;;/h2*1H4;;;;;;;;;;;2*1H;;;9*1H;1-2H;2*1H;2*1-2H;1H2;/q;;;;;;;5*+1;;;;;;;;;;;;;;;;;;;;/p-5. The SMILES string of the molecule is C.C.F.F.O.O=[Si]O.O=[Si]O.O=[Si]OO.O=[Si]OO.O=[Si]OO.O=[Si]OO.O=[Si]OO.O=[Si]OO.O=[Si]OO.O=[Si]O[O][Al].O=[Si]O[O][Al].OO[O][Al].O[O][Al].O[O][Al].[Al].[Al].[Al].[Al].[Mg][Mg].[O]=[Al]. The fourth-order valence-corrected chi connectivity index (χ4v) is 0.354. The van der Waals surface area contributed by atoms with E-state index in [1.165, 1.54) is 16.2 Å². The fourth-order valence-electron chi connectivity index (χ4n) is 0.0393. The van der Waals surface area contributed by atoms with Crippen LogP contribution < -0.4 is 0 Å². The van der Waals surface area contributed by atoms with Crippen LogP contribution in [0.15, 0.2) is 0 Å². The van der Waals surface area contributed by atoms with Gasteiger partial charge in [0.25, 0.3) is 0 Å². The van der Waals surface area contributed by atoms with Crippen LogP contribution in [0.3, 0.4) is 0 Å². The summed E-state index contributed by atoms with van der Waals surface area (Å²) in [6.45, 7) is 0. The Kier molecular flexibility index (Phi) is 913. The van der Waals surface area contributed by atoms with Gasteiger partial charge in [-0.05, 0) is 0 Å². The van der Waals surface area contributed by atoms with Crippen LogP contribution in [0, 0.1) is 0 Å². The minimum absolute atomic E-state index is 0. The Morgan fingerprint density at radius 3 is 0.418 bits per heavy atom. The Morgan fingerprint density at radius 2 is 0.418 bits per heavy atom. The molecule has 40 nitrogen and oxygen atoms in total. The molecule has 0 spiro atoms. The Bertz CT molecular complexity index is 546. The van der Waals surface area contributed by atoms with Gasteiger partial charge in [-0.1, -0.05) is 14.9 Å². The summed E-state index contributed by atoms with van der Waals surface area (Å²) in [6.07, 6.45) is 0. The van der Waals surface area contributed by atoms with Crippen molar-refractivity contribution in [3.8, 4) is 0 Å². The maximum atomic E-state index is 9.20. The molecule has 0 saturated heterocycles. The van der Waals surface area contributed by atoms with Crippen molar-refractivity contribution in [1.82, 2.24) is 0 Å². The van der Waals surface area contributed by atoms with Gasteiger partial charge in [0, 0.05) is 106 Å². The second-order valence-electron chi connectivity index (χ2n) is 2.31. The third-order valence-electron chi connectivity index (χ3n) is 0.468. The van der Waals surface area contributed by atoms with Crippen molar-refractivity contribution in [2.45, 2.75) is 14.9 Å². The molecule has 0 aromatic heterocycles. The van der Waals surface area contributed by atoms with Crippen LogP contribution in [0.2, 0.25) is 0 Å². The third kappa shape index (κ3) is 1280. The topological polar surface area (TPSA) is 618 Å². The van der Waals surface area contributed by atoms with Gasteiger partial charge in [-0.15, -0.1) is 5.04 Å². The van der Waals surface area contributed by atoms with Crippen LogP contribution in [-0.2, 0) is 119 Å². The summed E-state index contributed by atoms with van der Waals surface area (Å²) in [7, 11) is -11.4. The van der Waals surface area contributed by atoms with Crippen LogP contribution in [0.4, 0.5) is 9.41 Å². The molecule has 14 N–H and O–H groups in total. The van der Waals surface area contributed by atoms with Gasteiger partial charge in [-0.25, -0.2) is 42.1 Å². The molecule has 0 fully saturated rings. The zero-order chi connectivity index (χ0) is 50.4. The molecule has 364 valence electrons. The molecule has 0 aliphatic carbocycles. The van der Waals surface area contributed by atoms with Crippen LogP contribution in [0.1, 0.15) is 14.9 Å². The van der Waals surface area contributed by atoms with E-state index in [1.54, 1.807) is 83.1 Å². The molecule has 0 aromatic rings. The van der Waals surface area contributed by atoms with E-state index in [2.05, 4.69) is 65.9 Å². The van der Waals surface area contributed by atoms with Gasteiger partial charge in [0.15, 0.2) is 0 Å². The quantitative estimate of drug-likeness (QED) is 0.0490. The predicted octanol–water partition coefficient (Wildman–Crippen LogP) is -11.5. The molecular weight excluding hydrogens is 1330 g/mol. The Morgan fingerprint density at radius 1 is 0.343 bits per heavy atom. The molecule has 0 unspecified atom stereocenters. The van der Waals surface area contributed by atoms with Crippen molar-refractivity contribution in [1.29, 1.82) is 0 Å². The zero-order valence-electron chi connectivity index (χ0n) is 30.4. The molecule has 0 rings (SSSR count). The second-order valence-corrected chi connectivity index (χ2v) is 6.79. The van der Waals surface area contributed by atoms with Gasteiger partial charge in [0.2, 0.25) is 0 Å². The summed E-state index contributed by atoms with van der Waals surface area (Å²) in [4.78, 5) is 14.1. The molecule has 0 aliphatic rings. The number of rotatable bonds is 12. The molecule has 0 bridgehead atoms. The summed E-state index contributed by atoms with van der Waals surface area (Å²) in [5, 5.41) is 73.7. The summed E-state index contributed by atoms with van der Waals surface area (Å²) in [6, 6.07) is 0. The van der Waals surface area contributed by atoms with Gasteiger partial charge in [0.1, 0.15) is 0 Å². The van der Waals surface area contributed by atoms with Crippen molar-refractivity contribution in [3.05, 3.63) is 0 Å². The maximum absolute atomic E-state index is 9.20. The summed E-state index contributed by atoms with van der Waals surface area (Å²) in [5.41, 5.74) is 0. The summed E-state index contributed by atoms with van der Waals surface area (Å²) < 4.78 is 152. The van der Waals surface area contributed by atoms with Crippen LogP contribution in [0.25, 0.3) is 0 Å². The van der Waals surface area contributed by atoms with E-state index in [4.69, 9.17) is 106 Å². The second kappa shape index (κ2) is 372. The van der Waals surface area contributed by atoms with Crippen molar-refractivity contribution < 1.29 is 196 Å². The number of halogens is 2. The Labute approximate surface area is 515 Å². The molecule has 36 radical (unpaired) electrons. The summed E-state index contributed by atoms with van der Waals surface area (Å²) in [5.74, 6) is 0. The van der Waals surface area contributed by atoms with Crippen molar-refractivity contribution in [3.63, 3.8) is 0 Å². The Balaban J connectivity index is -0.0000000122. The van der Waals surface area contributed by atoms with E-state index in [0.717, 1.165) is 0 Å². The first-order chi connectivity index (χ1) is 27.8. The first-order valence-corrected chi connectivity index (χ1v) is 24.7. The molecule has 0 saturated carbocycles. The molecule has 0 heterocycles. The van der Waals surface area contributed by atoms with Gasteiger partial charge in [0.05, 0.1) is 0 Å². The van der Waals surface area contributed by atoms with E-state index in [-0.39, 0.29) is 99.2 Å². The van der Waals surface area contributed by atoms with Gasteiger partial charge in [-0.3, -0.25) is 19.9 Å². The van der Waals surface area contributed by atoms with E-state index in [0.29, 0.717) is 0 Å². The minimum atomic E-state index is -1.17. The first-order valence-electron chi connectivity index (χ1n) is 8.77. The van der Waals surface area contributed by atoms with E-state index in [1.807, 2.05) is 36.1 Å². The first kappa shape index (κ1) is 164. The van der Waals surface area contributed by atoms with Crippen molar-refractivity contribution >= 4 is 311 Å². The monoisotopic (exact) mass is 1350 g/mol. The normalized spacial score (nSPS) is 4.52. The zero-order valence-corrected chi connectivity index (χ0v) is 55.8. The number of hydrogen-bond donors (Lipinski definition) is 12. The fraction of sp³-hybridized carbons (Fsp3) is 1.00. The molecule has 0 aromatic carbocycles. The number of hydrogen-bond acceptors (Lipinski definition) is 37. The van der Waals surface area contributed by atoms with Gasteiger partial charge < -0.3 is 125 Å². The summed E-state index contributed by atoms with van der Waals surface area (Å²) >= 11 is 13.5. The molecule has 0 amide bonds. The Hall–Kier alpha value is 3.82. The van der Waals surface area contributed by atoms with Crippen molar-refractivity contribution in [2.24, 2.45) is 0 Å². The molecule has 0 aliphatic heterocycles. The van der Waals surface area contributed by atoms with Gasteiger partial charge >= 0.3 is 209 Å². The van der Waals surface area contributed by atoms with E-state index >= 15 is 0 Å².